The zero-order chi connectivity index (χ0) is 11.4. The lowest BCUT2D eigenvalue weighted by atomic mass is 10.0. The Hall–Kier alpha value is -0.830. The second-order valence-electron chi connectivity index (χ2n) is 3.42. The van der Waals surface area contributed by atoms with Gasteiger partial charge in [-0.1, -0.05) is 15.9 Å². The zero-order valence-corrected chi connectivity index (χ0v) is 10.8. The first-order valence-corrected chi connectivity index (χ1v) is 6.05. The highest BCUT2D eigenvalue weighted by Gasteiger charge is 2.10. The number of aryl methyl sites for hydroxylation is 2. The number of ether oxygens (including phenoxy) is 1. The summed E-state index contributed by atoms with van der Waals surface area (Å²) >= 11 is 3.18. The number of benzene rings is 1. The van der Waals surface area contributed by atoms with Gasteiger partial charge in [0.15, 0.2) is 5.78 Å². The third-order valence-corrected chi connectivity index (χ3v) is 2.75. The summed E-state index contributed by atoms with van der Waals surface area (Å²) in [5, 5.41) is 0.362. The van der Waals surface area contributed by atoms with Crippen LogP contribution in [0.25, 0.3) is 0 Å². The Morgan fingerprint density at radius 3 is 2.53 bits per heavy atom. The number of ketones is 1. The van der Waals surface area contributed by atoms with Crippen molar-refractivity contribution < 1.29 is 9.53 Å². The molecule has 0 unspecified atom stereocenters. The summed E-state index contributed by atoms with van der Waals surface area (Å²) in [5.74, 6) is 0.972. The first-order valence-electron chi connectivity index (χ1n) is 4.93. The Bertz CT molecular complexity index is 372. The Labute approximate surface area is 98.8 Å². The van der Waals surface area contributed by atoms with Crippen LogP contribution in [0, 0.1) is 13.8 Å². The summed E-state index contributed by atoms with van der Waals surface area (Å²) in [5.41, 5.74) is 2.74. The topological polar surface area (TPSA) is 26.3 Å². The lowest BCUT2D eigenvalue weighted by Gasteiger charge is -2.11. The summed E-state index contributed by atoms with van der Waals surface area (Å²) < 4.78 is 5.46. The molecule has 0 aliphatic carbocycles. The number of carbonyl (C=O) groups is 1. The Kier molecular flexibility index (Phi) is 4.33. The average molecular weight is 271 g/mol. The van der Waals surface area contributed by atoms with Crippen LogP contribution in [0.5, 0.6) is 5.75 Å². The van der Waals surface area contributed by atoms with Crippen LogP contribution in [-0.4, -0.2) is 17.7 Å². The fourth-order valence-electron chi connectivity index (χ4n) is 1.47. The van der Waals surface area contributed by atoms with Crippen LogP contribution in [-0.2, 0) is 0 Å². The van der Waals surface area contributed by atoms with E-state index in [9.17, 15) is 4.79 Å². The van der Waals surface area contributed by atoms with Crippen molar-refractivity contribution in [1.82, 2.24) is 0 Å². The molecule has 0 aliphatic rings. The Balaban J connectivity index is 3.13. The number of hydrogen-bond donors (Lipinski definition) is 0. The standard InChI is InChI=1S/C12H15BrO2/c1-4-15-12-6-8(2)10(5-9(12)3)11(14)7-13/h5-6H,4,7H2,1-3H3. The minimum absolute atomic E-state index is 0.110. The van der Waals surface area contributed by atoms with E-state index in [4.69, 9.17) is 4.74 Å². The normalized spacial score (nSPS) is 10.1. The van der Waals surface area contributed by atoms with Crippen LogP contribution in [0.3, 0.4) is 0 Å². The largest absolute Gasteiger partial charge is 0.494 e. The lowest BCUT2D eigenvalue weighted by Crippen LogP contribution is -2.04. The van der Waals surface area contributed by atoms with E-state index in [0.717, 1.165) is 22.4 Å². The summed E-state index contributed by atoms with van der Waals surface area (Å²) in [4.78, 5) is 11.6. The smallest absolute Gasteiger partial charge is 0.173 e. The summed E-state index contributed by atoms with van der Waals surface area (Å²) in [6.45, 7) is 6.48. The van der Waals surface area contributed by atoms with Crippen molar-refractivity contribution in [2.45, 2.75) is 20.8 Å². The lowest BCUT2D eigenvalue weighted by molar-refractivity contribution is 0.102. The highest BCUT2D eigenvalue weighted by molar-refractivity contribution is 9.09. The third-order valence-electron chi connectivity index (χ3n) is 2.24. The van der Waals surface area contributed by atoms with Crippen LogP contribution in [0.2, 0.25) is 0 Å². The van der Waals surface area contributed by atoms with E-state index in [1.807, 2.05) is 32.9 Å². The molecule has 1 aromatic rings. The fraction of sp³-hybridized carbons (Fsp3) is 0.417. The molecule has 0 bridgehead atoms. The molecule has 82 valence electrons. The first-order chi connectivity index (χ1) is 7.10. The quantitative estimate of drug-likeness (QED) is 0.620. The van der Waals surface area contributed by atoms with Crippen LogP contribution < -0.4 is 4.74 Å². The molecule has 0 atom stereocenters. The van der Waals surface area contributed by atoms with Crippen molar-refractivity contribution >= 4 is 21.7 Å². The minimum atomic E-state index is 0.110. The van der Waals surface area contributed by atoms with Gasteiger partial charge in [-0.3, -0.25) is 4.79 Å². The van der Waals surface area contributed by atoms with Crippen molar-refractivity contribution in [3.05, 3.63) is 28.8 Å². The van der Waals surface area contributed by atoms with E-state index >= 15 is 0 Å². The molecule has 0 aliphatic heterocycles. The van der Waals surface area contributed by atoms with Crippen LogP contribution in [0.15, 0.2) is 12.1 Å². The molecule has 0 saturated heterocycles. The molecule has 0 radical (unpaired) electrons. The third kappa shape index (κ3) is 2.81. The number of hydrogen-bond acceptors (Lipinski definition) is 2. The van der Waals surface area contributed by atoms with Crippen LogP contribution in [0.1, 0.15) is 28.4 Å². The van der Waals surface area contributed by atoms with Gasteiger partial charge in [0.05, 0.1) is 11.9 Å². The van der Waals surface area contributed by atoms with E-state index in [1.165, 1.54) is 0 Å². The van der Waals surface area contributed by atoms with Crippen molar-refractivity contribution in [3.63, 3.8) is 0 Å². The Morgan fingerprint density at radius 1 is 1.33 bits per heavy atom. The molecule has 0 spiro atoms. The van der Waals surface area contributed by atoms with Gasteiger partial charge in [0.25, 0.3) is 0 Å². The molecule has 1 aromatic carbocycles. The predicted octanol–water partition coefficient (Wildman–Crippen LogP) is 3.28. The maximum absolute atomic E-state index is 11.6. The molecule has 15 heavy (non-hydrogen) atoms. The molecule has 0 amide bonds. The maximum atomic E-state index is 11.6. The van der Waals surface area contributed by atoms with E-state index in [0.29, 0.717) is 11.9 Å². The second-order valence-corrected chi connectivity index (χ2v) is 3.98. The number of carbonyl (C=O) groups excluding carboxylic acids is 1. The van der Waals surface area contributed by atoms with E-state index in [1.54, 1.807) is 0 Å². The molecule has 2 nitrogen and oxygen atoms in total. The zero-order valence-electron chi connectivity index (χ0n) is 9.26. The van der Waals surface area contributed by atoms with E-state index in [2.05, 4.69) is 15.9 Å². The van der Waals surface area contributed by atoms with Crippen LogP contribution in [0.4, 0.5) is 0 Å². The molecule has 3 heteroatoms. The SMILES string of the molecule is CCOc1cc(C)c(C(=O)CBr)cc1C. The van der Waals surface area contributed by atoms with Gasteiger partial charge in [0.1, 0.15) is 5.75 Å². The first kappa shape index (κ1) is 12.2. The number of alkyl halides is 1. The second kappa shape index (κ2) is 5.31. The monoisotopic (exact) mass is 270 g/mol. The van der Waals surface area contributed by atoms with E-state index < -0.39 is 0 Å². The predicted molar refractivity (Wildman–Crippen MR) is 65.2 cm³/mol. The van der Waals surface area contributed by atoms with Gasteiger partial charge < -0.3 is 4.74 Å². The molecular weight excluding hydrogens is 256 g/mol. The summed E-state index contributed by atoms with van der Waals surface area (Å²) in [6, 6.07) is 3.82. The molecule has 0 N–H and O–H groups in total. The summed E-state index contributed by atoms with van der Waals surface area (Å²) in [6.07, 6.45) is 0. The number of Topliss-reactive ketones (excluding diaryl/α,β-unsaturated/α-hetero) is 1. The van der Waals surface area contributed by atoms with Gasteiger partial charge >= 0.3 is 0 Å². The molecule has 0 fully saturated rings. The number of halogens is 1. The van der Waals surface area contributed by atoms with Crippen molar-refractivity contribution in [1.29, 1.82) is 0 Å². The highest BCUT2D eigenvalue weighted by atomic mass is 79.9. The van der Waals surface area contributed by atoms with E-state index in [-0.39, 0.29) is 5.78 Å². The molecule has 0 heterocycles. The average Bonchev–Trinajstić information content (AvgIpc) is 2.22. The molecule has 0 saturated carbocycles. The Morgan fingerprint density at radius 2 is 2.00 bits per heavy atom. The molecule has 1 rings (SSSR count). The van der Waals surface area contributed by atoms with Gasteiger partial charge in [-0.2, -0.15) is 0 Å². The number of rotatable bonds is 4. The van der Waals surface area contributed by atoms with Crippen molar-refractivity contribution in [2.75, 3.05) is 11.9 Å². The van der Waals surface area contributed by atoms with Gasteiger partial charge in [-0.25, -0.2) is 0 Å². The molecular formula is C12H15BrO2. The fourth-order valence-corrected chi connectivity index (χ4v) is 1.78. The van der Waals surface area contributed by atoms with Gasteiger partial charge in [0, 0.05) is 5.56 Å². The minimum Gasteiger partial charge on any atom is -0.494 e. The maximum Gasteiger partial charge on any atom is 0.173 e. The summed E-state index contributed by atoms with van der Waals surface area (Å²) in [7, 11) is 0. The highest BCUT2D eigenvalue weighted by Crippen LogP contribution is 2.23. The van der Waals surface area contributed by atoms with Gasteiger partial charge in [-0.05, 0) is 44.0 Å². The van der Waals surface area contributed by atoms with Crippen molar-refractivity contribution in [3.8, 4) is 5.75 Å². The molecule has 0 aromatic heterocycles. The van der Waals surface area contributed by atoms with Crippen LogP contribution >= 0.6 is 15.9 Å². The van der Waals surface area contributed by atoms with Gasteiger partial charge in [-0.15, -0.1) is 0 Å². The van der Waals surface area contributed by atoms with Gasteiger partial charge in [0.2, 0.25) is 0 Å². The van der Waals surface area contributed by atoms with Crippen molar-refractivity contribution in [2.24, 2.45) is 0 Å².